The summed E-state index contributed by atoms with van der Waals surface area (Å²) in [5.41, 5.74) is 3.66. The molecule has 1 aliphatic heterocycles. The molecule has 0 bridgehead atoms. The molecule has 4 rings (SSSR count). The molecule has 1 aromatic heterocycles. The molecule has 1 amide bonds. The van der Waals surface area contributed by atoms with Gasteiger partial charge in [0.05, 0.1) is 10.6 Å². The molecule has 166 valence electrons. The Bertz CT molecular complexity index is 1200. The zero-order valence-corrected chi connectivity index (χ0v) is 18.4. The number of nitrogens with one attached hydrogen (secondary N) is 3. The van der Waals surface area contributed by atoms with Gasteiger partial charge < -0.3 is 5.32 Å². The molecular formula is C23H25N5O3S. The van der Waals surface area contributed by atoms with E-state index in [1.165, 1.54) is 0 Å². The first-order valence-corrected chi connectivity index (χ1v) is 12.0. The van der Waals surface area contributed by atoms with Gasteiger partial charge >= 0.3 is 0 Å². The minimum atomic E-state index is -3.49. The Labute approximate surface area is 187 Å². The zero-order valence-electron chi connectivity index (χ0n) is 17.5. The lowest BCUT2D eigenvalue weighted by Gasteiger charge is -2.06. The highest BCUT2D eigenvalue weighted by molar-refractivity contribution is 7.90. The van der Waals surface area contributed by atoms with Crippen molar-refractivity contribution >= 4 is 21.8 Å². The second kappa shape index (κ2) is 9.78. The van der Waals surface area contributed by atoms with Gasteiger partial charge in [-0.15, -0.1) is 0 Å². The number of fused-ring (bicyclic) bond motifs is 1. The van der Waals surface area contributed by atoms with Crippen LogP contribution >= 0.6 is 0 Å². The van der Waals surface area contributed by atoms with Gasteiger partial charge in [0.2, 0.25) is 5.91 Å². The first kappa shape index (κ1) is 21.8. The number of aromatic nitrogens is 2. The van der Waals surface area contributed by atoms with E-state index in [9.17, 15) is 13.2 Å². The summed E-state index contributed by atoms with van der Waals surface area (Å²) >= 11 is 0. The van der Waals surface area contributed by atoms with E-state index in [4.69, 9.17) is 0 Å². The maximum Gasteiger partial charge on any atom is 0.263 e. The van der Waals surface area contributed by atoms with Crippen LogP contribution in [0.4, 0.5) is 0 Å². The third-order valence-corrected chi connectivity index (χ3v) is 6.65. The van der Waals surface area contributed by atoms with E-state index in [1.54, 1.807) is 30.5 Å². The number of benzene rings is 2. The summed E-state index contributed by atoms with van der Waals surface area (Å²) in [5.74, 6) is 0.420. The van der Waals surface area contributed by atoms with Crippen molar-refractivity contribution in [1.29, 1.82) is 0 Å². The van der Waals surface area contributed by atoms with Crippen molar-refractivity contribution in [3.8, 4) is 11.3 Å². The van der Waals surface area contributed by atoms with E-state index in [2.05, 4.69) is 25.2 Å². The Morgan fingerprint density at radius 2 is 1.81 bits per heavy atom. The van der Waals surface area contributed by atoms with Crippen molar-refractivity contribution in [3.05, 3.63) is 71.9 Å². The minimum absolute atomic E-state index is 0.0199. The summed E-state index contributed by atoms with van der Waals surface area (Å²) in [5, 5.41) is 9.82. The largest absolute Gasteiger partial charge is 0.352 e. The molecule has 0 saturated heterocycles. The van der Waals surface area contributed by atoms with Crippen molar-refractivity contribution in [2.75, 3.05) is 6.54 Å². The number of carbonyl (C=O) groups is 1. The first-order valence-electron chi connectivity index (χ1n) is 10.5. The molecule has 0 unspecified atom stereocenters. The molecule has 8 nitrogen and oxygen atoms in total. The molecule has 0 aliphatic carbocycles. The van der Waals surface area contributed by atoms with E-state index in [0.29, 0.717) is 30.9 Å². The molecule has 2 aromatic carbocycles. The highest BCUT2D eigenvalue weighted by atomic mass is 32.2. The normalized spacial score (nSPS) is 15.3. The molecule has 0 spiro atoms. The van der Waals surface area contributed by atoms with Crippen LogP contribution in [-0.4, -0.2) is 36.9 Å². The van der Waals surface area contributed by atoms with E-state index in [-0.39, 0.29) is 10.8 Å². The van der Waals surface area contributed by atoms with E-state index in [0.717, 1.165) is 36.1 Å². The monoisotopic (exact) mass is 451 g/mol. The predicted molar refractivity (Wildman–Crippen MR) is 123 cm³/mol. The number of amides is 1. The average Bonchev–Trinajstić information content (AvgIpc) is 3.42. The molecule has 9 heteroatoms. The molecule has 0 radical (unpaired) electrons. The Hall–Kier alpha value is -3.46. The lowest BCUT2D eigenvalue weighted by molar-refractivity contribution is -0.121. The van der Waals surface area contributed by atoms with Crippen LogP contribution in [0.2, 0.25) is 0 Å². The lowest BCUT2D eigenvalue weighted by Crippen LogP contribution is -2.22. The number of amidine groups is 1. The van der Waals surface area contributed by atoms with Gasteiger partial charge in [-0.25, -0.2) is 8.42 Å². The highest BCUT2D eigenvalue weighted by Crippen LogP contribution is 2.22. The fourth-order valence-electron chi connectivity index (χ4n) is 3.52. The molecule has 0 saturated carbocycles. The van der Waals surface area contributed by atoms with Crippen molar-refractivity contribution in [1.82, 2.24) is 20.2 Å². The second-order valence-corrected chi connectivity index (χ2v) is 9.24. The molecule has 0 atom stereocenters. The Balaban J connectivity index is 1.14. The first-order chi connectivity index (χ1) is 15.5. The van der Waals surface area contributed by atoms with Crippen molar-refractivity contribution in [2.24, 2.45) is 4.99 Å². The predicted octanol–water partition coefficient (Wildman–Crippen LogP) is 2.99. The zero-order chi connectivity index (χ0) is 22.4. The maximum atomic E-state index is 12.1. The van der Waals surface area contributed by atoms with E-state index >= 15 is 0 Å². The van der Waals surface area contributed by atoms with Gasteiger partial charge in [-0.3, -0.25) is 19.6 Å². The maximum absolute atomic E-state index is 12.1. The summed E-state index contributed by atoms with van der Waals surface area (Å²) in [4.78, 5) is 16.8. The smallest absolute Gasteiger partial charge is 0.263 e. The van der Waals surface area contributed by atoms with Gasteiger partial charge in [-0.1, -0.05) is 42.8 Å². The van der Waals surface area contributed by atoms with Gasteiger partial charge in [-0.2, -0.15) is 5.10 Å². The van der Waals surface area contributed by atoms with E-state index < -0.39 is 10.0 Å². The number of aromatic amines is 1. The van der Waals surface area contributed by atoms with Gasteiger partial charge in [0, 0.05) is 31.3 Å². The van der Waals surface area contributed by atoms with Crippen LogP contribution in [0.25, 0.3) is 11.3 Å². The van der Waals surface area contributed by atoms with Crippen molar-refractivity contribution in [3.63, 3.8) is 0 Å². The number of unbranched alkanes of at least 4 members (excludes halogenated alkanes) is 2. The topological polar surface area (TPSA) is 116 Å². The van der Waals surface area contributed by atoms with Gasteiger partial charge in [0.1, 0.15) is 5.84 Å². The number of aliphatic imine (C=N–C) groups is 1. The van der Waals surface area contributed by atoms with Crippen LogP contribution in [0.3, 0.4) is 0 Å². The highest BCUT2D eigenvalue weighted by Gasteiger charge is 2.29. The molecule has 0 fully saturated rings. The van der Waals surface area contributed by atoms with Crippen LogP contribution in [0, 0.1) is 0 Å². The van der Waals surface area contributed by atoms with Crippen LogP contribution in [0.15, 0.2) is 70.7 Å². The van der Waals surface area contributed by atoms with Crippen LogP contribution in [0.5, 0.6) is 0 Å². The van der Waals surface area contributed by atoms with Crippen molar-refractivity contribution < 1.29 is 13.2 Å². The molecule has 3 aromatic rings. The van der Waals surface area contributed by atoms with Crippen LogP contribution in [-0.2, 0) is 21.4 Å². The number of sulfonamides is 1. The summed E-state index contributed by atoms with van der Waals surface area (Å²) in [6.45, 7) is 1.01. The standard InChI is InChI=1S/C23H25N5O3S/c29-22(25-16-17-9-11-18(12-10-17)20-13-15-26-27-20)8-2-1-5-14-24-23-19-6-3-4-7-21(19)32(30,31)28-23/h3-4,6-7,9-13,15H,1-2,5,8,14,16H2,(H,24,28)(H,25,29)(H,26,27). The Morgan fingerprint density at radius 1 is 1.00 bits per heavy atom. The molecule has 1 aliphatic rings. The van der Waals surface area contributed by atoms with E-state index in [1.807, 2.05) is 30.3 Å². The summed E-state index contributed by atoms with van der Waals surface area (Å²) in [7, 11) is -3.49. The summed E-state index contributed by atoms with van der Waals surface area (Å²) < 4.78 is 26.6. The SMILES string of the molecule is O=C(CCCCCN=C1NS(=O)(=O)c2ccccc21)NCc1ccc(-c2ccn[nH]2)cc1. The molecular weight excluding hydrogens is 426 g/mol. The summed E-state index contributed by atoms with van der Waals surface area (Å²) in [6.07, 6.45) is 4.56. The number of carbonyl (C=O) groups excluding carboxylic acids is 1. The van der Waals surface area contributed by atoms with Crippen LogP contribution in [0.1, 0.15) is 36.8 Å². The number of hydrogen-bond donors (Lipinski definition) is 3. The van der Waals surface area contributed by atoms with Crippen molar-refractivity contribution in [2.45, 2.75) is 37.1 Å². The fraction of sp³-hybridized carbons (Fsp3) is 0.261. The number of nitrogens with zero attached hydrogens (tertiary/aromatic N) is 2. The lowest BCUT2D eigenvalue weighted by atomic mass is 10.1. The third kappa shape index (κ3) is 5.23. The Kier molecular flexibility index (Phi) is 6.65. The third-order valence-electron chi connectivity index (χ3n) is 5.25. The van der Waals surface area contributed by atoms with Gasteiger partial charge in [0.15, 0.2) is 0 Å². The van der Waals surface area contributed by atoms with Gasteiger partial charge in [0.25, 0.3) is 10.0 Å². The van der Waals surface area contributed by atoms with Crippen LogP contribution < -0.4 is 10.0 Å². The summed E-state index contributed by atoms with van der Waals surface area (Å²) in [6, 6.07) is 16.7. The number of hydrogen-bond acceptors (Lipinski definition) is 5. The molecule has 3 N–H and O–H groups in total. The number of rotatable bonds is 9. The fourth-order valence-corrected chi connectivity index (χ4v) is 4.78. The minimum Gasteiger partial charge on any atom is -0.352 e. The van der Waals surface area contributed by atoms with Gasteiger partial charge in [-0.05, 0) is 42.2 Å². The Morgan fingerprint density at radius 3 is 2.59 bits per heavy atom. The number of H-pyrrole nitrogens is 1. The molecule has 32 heavy (non-hydrogen) atoms. The quantitative estimate of drug-likeness (QED) is 0.434. The molecule has 2 heterocycles. The average molecular weight is 452 g/mol. The second-order valence-electron chi connectivity index (χ2n) is 7.59.